The van der Waals surface area contributed by atoms with Crippen LogP contribution in [0.4, 0.5) is 10.1 Å². The number of anilines is 1. The molecule has 142 valence electrons. The van der Waals surface area contributed by atoms with E-state index in [0.717, 1.165) is 33.9 Å². The molecule has 4 rings (SSSR count). The normalized spacial score (nSPS) is 18.8. The number of hydrogen-bond donors (Lipinski definition) is 0. The molecule has 0 spiro atoms. The molecule has 0 unspecified atom stereocenters. The SMILES string of the molecule is CN1C(=O)COc2cc(Sc3cc(F)cc(C4(Br)CCOCC4)c3)ccc21. The molecule has 0 aliphatic carbocycles. The summed E-state index contributed by atoms with van der Waals surface area (Å²) in [7, 11) is 1.73. The number of nitrogens with zero attached hydrogens (tertiary/aromatic N) is 1. The van der Waals surface area contributed by atoms with Gasteiger partial charge in [0.2, 0.25) is 0 Å². The number of likely N-dealkylation sites (N-methyl/N-ethyl adjacent to an activating group) is 1. The Bertz CT molecular complexity index is 886. The maximum absolute atomic E-state index is 14.3. The molecular weight excluding hydrogens is 433 g/mol. The molecule has 27 heavy (non-hydrogen) atoms. The number of ether oxygens (including phenoxy) is 2. The molecule has 0 N–H and O–H groups in total. The van der Waals surface area contributed by atoms with Gasteiger partial charge in [-0.25, -0.2) is 4.39 Å². The lowest BCUT2D eigenvalue weighted by molar-refractivity contribution is -0.120. The summed E-state index contributed by atoms with van der Waals surface area (Å²) in [5, 5.41) is 0. The van der Waals surface area contributed by atoms with Gasteiger partial charge in [-0.05, 0) is 54.8 Å². The smallest absolute Gasteiger partial charge is 0.264 e. The van der Waals surface area contributed by atoms with E-state index in [9.17, 15) is 9.18 Å². The van der Waals surface area contributed by atoms with Crippen molar-refractivity contribution in [2.75, 3.05) is 31.8 Å². The van der Waals surface area contributed by atoms with E-state index >= 15 is 0 Å². The van der Waals surface area contributed by atoms with E-state index in [1.807, 2.05) is 24.3 Å². The summed E-state index contributed by atoms with van der Waals surface area (Å²) >= 11 is 5.28. The first-order chi connectivity index (χ1) is 12.9. The van der Waals surface area contributed by atoms with E-state index in [-0.39, 0.29) is 22.7 Å². The fraction of sp³-hybridized carbons (Fsp3) is 0.350. The summed E-state index contributed by atoms with van der Waals surface area (Å²) in [6.07, 6.45) is 1.63. The summed E-state index contributed by atoms with van der Waals surface area (Å²) in [5.74, 6) is 0.344. The lowest BCUT2D eigenvalue weighted by atomic mass is 9.91. The van der Waals surface area contributed by atoms with E-state index < -0.39 is 0 Å². The summed E-state index contributed by atoms with van der Waals surface area (Å²) in [4.78, 5) is 15.1. The number of fused-ring (bicyclic) bond motifs is 1. The van der Waals surface area contributed by atoms with Crippen molar-refractivity contribution in [1.29, 1.82) is 0 Å². The number of carbonyl (C=O) groups is 1. The average molecular weight is 452 g/mol. The lowest BCUT2D eigenvalue weighted by Crippen LogP contribution is -2.35. The molecule has 0 bridgehead atoms. The molecule has 0 radical (unpaired) electrons. The molecule has 4 nitrogen and oxygen atoms in total. The predicted octanol–water partition coefficient (Wildman–Crippen LogP) is 4.73. The predicted molar refractivity (Wildman–Crippen MR) is 107 cm³/mol. The fourth-order valence-electron chi connectivity index (χ4n) is 3.32. The van der Waals surface area contributed by atoms with E-state index in [1.54, 1.807) is 24.1 Å². The molecule has 2 aliphatic heterocycles. The molecule has 7 heteroatoms. The molecule has 0 atom stereocenters. The van der Waals surface area contributed by atoms with Crippen LogP contribution in [0.1, 0.15) is 18.4 Å². The number of alkyl halides is 1. The Kier molecular flexibility index (Phi) is 5.18. The topological polar surface area (TPSA) is 38.8 Å². The van der Waals surface area contributed by atoms with Gasteiger partial charge in [-0.1, -0.05) is 27.7 Å². The number of rotatable bonds is 3. The summed E-state index contributed by atoms with van der Waals surface area (Å²) in [6, 6.07) is 10.8. The molecule has 2 aromatic rings. The fourth-order valence-corrected chi connectivity index (χ4v) is 4.81. The van der Waals surface area contributed by atoms with Crippen molar-refractivity contribution in [3.63, 3.8) is 0 Å². The van der Waals surface area contributed by atoms with Gasteiger partial charge in [-0.3, -0.25) is 4.79 Å². The molecule has 2 aliphatic rings. The minimum absolute atomic E-state index is 0.0376. The van der Waals surface area contributed by atoms with Crippen molar-refractivity contribution < 1.29 is 18.7 Å². The van der Waals surface area contributed by atoms with Gasteiger partial charge >= 0.3 is 0 Å². The minimum Gasteiger partial charge on any atom is -0.482 e. The van der Waals surface area contributed by atoms with Crippen molar-refractivity contribution in [3.8, 4) is 5.75 Å². The number of benzene rings is 2. The third kappa shape index (κ3) is 3.86. The highest BCUT2D eigenvalue weighted by atomic mass is 79.9. The van der Waals surface area contributed by atoms with E-state index in [0.29, 0.717) is 19.0 Å². The van der Waals surface area contributed by atoms with E-state index in [2.05, 4.69) is 15.9 Å². The van der Waals surface area contributed by atoms with Gasteiger partial charge in [0.05, 0.1) is 10.0 Å². The molecule has 1 saturated heterocycles. The van der Waals surface area contributed by atoms with Crippen LogP contribution in [0.25, 0.3) is 0 Å². The van der Waals surface area contributed by atoms with Gasteiger partial charge in [0, 0.05) is 30.1 Å². The van der Waals surface area contributed by atoms with Crippen molar-refractivity contribution in [3.05, 3.63) is 47.8 Å². The average Bonchev–Trinajstić information content (AvgIpc) is 2.65. The van der Waals surface area contributed by atoms with Gasteiger partial charge < -0.3 is 14.4 Å². The maximum Gasteiger partial charge on any atom is 0.264 e. The number of hydrogen-bond acceptors (Lipinski definition) is 4. The van der Waals surface area contributed by atoms with Crippen molar-refractivity contribution in [2.45, 2.75) is 27.0 Å². The minimum atomic E-state index is -0.250. The first-order valence-corrected chi connectivity index (χ1v) is 10.3. The third-order valence-corrected chi connectivity index (χ3v) is 7.14. The Hall–Kier alpha value is -1.57. The molecule has 2 heterocycles. The zero-order valence-corrected chi connectivity index (χ0v) is 17.2. The zero-order chi connectivity index (χ0) is 19.0. The Morgan fingerprint density at radius 3 is 2.70 bits per heavy atom. The van der Waals surface area contributed by atoms with Crippen LogP contribution in [0.3, 0.4) is 0 Å². The summed E-state index contributed by atoms with van der Waals surface area (Å²) in [5.41, 5.74) is 1.69. The number of carbonyl (C=O) groups excluding carboxylic acids is 1. The Morgan fingerprint density at radius 1 is 1.15 bits per heavy atom. The molecule has 1 amide bonds. The van der Waals surface area contributed by atoms with Crippen LogP contribution in [0, 0.1) is 5.82 Å². The van der Waals surface area contributed by atoms with Crippen LogP contribution in [0.15, 0.2) is 46.2 Å². The first kappa shape index (κ1) is 18.8. The second-order valence-corrected chi connectivity index (χ2v) is 9.39. The Balaban J connectivity index is 1.61. The largest absolute Gasteiger partial charge is 0.482 e. The number of amides is 1. The highest BCUT2D eigenvalue weighted by molar-refractivity contribution is 9.09. The highest BCUT2D eigenvalue weighted by Crippen LogP contribution is 2.43. The molecule has 1 fully saturated rings. The van der Waals surface area contributed by atoms with Gasteiger partial charge in [-0.2, -0.15) is 0 Å². The molecular formula is C20H19BrFNO3S. The quantitative estimate of drug-likeness (QED) is 0.632. The zero-order valence-electron chi connectivity index (χ0n) is 14.8. The number of halogens is 2. The summed E-state index contributed by atoms with van der Waals surface area (Å²) in [6.45, 7) is 1.37. The second kappa shape index (κ2) is 7.45. The highest BCUT2D eigenvalue weighted by Gasteiger charge is 2.32. The van der Waals surface area contributed by atoms with Gasteiger partial charge in [0.1, 0.15) is 11.6 Å². The Morgan fingerprint density at radius 2 is 1.93 bits per heavy atom. The maximum atomic E-state index is 14.3. The van der Waals surface area contributed by atoms with E-state index in [1.165, 1.54) is 11.8 Å². The van der Waals surface area contributed by atoms with Crippen LogP contribution in [-0.4, -0.2) is 32.8 Å². The van der Waals surface area contributed by atoms with Crippen LogP contribution in [-0.2, 0) is 13.9 Å². The van der Waals surface area contributed by atoms with Gasteiger partial charge in [0.15, 0.2) is 6.61 Å². The Labute approximate surface area is 170 Å². The summed E-state index contributed by atoms with van der Waals surface area (Å²) < 4.78 is 25.0. The van der Waals surface area contributed by atoms with Crippen LogP contribution < -0.4 is 9.64 Å². The molecule has 2 aromatic carbocycles. The standard InChI is InChI=1S/C20H19BrFNO3S/c1-23-17-3-2-15(11-18(17)26-12-19(23)24)27-16-9-13(8-14(22)10-16)20(21)4-6-25-7-5-20/h2-3,8-11H,4-7,12H2,1H3. The van der Waals surface area contributed by atoms with E-state index in [4.69, 9.17) is 9.47 Å². The third-order valence-electron chi connectivity index (χ3n) is 4.93. The van der Waals surface area contributed by atoms with Crippen molar-refractivity contribution >= 4 is 39.3 Å². The second-order valence-electron chi connectivity index (χ2n) is 6.73. The van der Waals surface area contributed by atoms with Crippen molar-refractivity contribution in [1.82, 2.24) is 0 Å². The van der Waals surface area contributed by atoms with Crippen LogP contribution >= 0.6 is 27.7 Å². The lowest BCUT2D eigenvalue weighted by Gasteiger charge is -2.32. The van der Waals surface area contributed by atoms with Gasteiger partial charge in [0.25, 0.3) is 5.91 Å². The monoisotopic (exact) mass is 451 g/mol. The molecule has 0 saturated carbocycles. The molecule has 0 aromatic heterocycles. The van der Waals surface area contributed by atoms with Crippen molar-refractivity contribution in [2.24, 2.45) is 0 Å². The van der Waals surface area contributed by atoms with Crippen LogP contribution in [0.2, 0.25) is 0 Å². The van der Waals surface area contributed by atoms with Crippen LogP contribution in [0.5, 0.6) is 5.75 Å². The van der Waals surface area contributed by atoms with Gasteiger partial charge in [-0.15, -0.1) is 0 Å². The first-order valence-electron chi connectivity index (χ1n) is 8.74.